The predicted octanol–water partition coefficient (Wildman–Crippen LogP) is 4.58. The number of amides is 1. The molecule has 5 nitrogen and oxygen atoms in total. The lowest BCUT2D eigenvalue weighted by atomic mass is 9.95. The summed E-state index contributed by atoms with van der Waals surface area (Å²) >= 11 is 4.86. The van der Waals surface area contributed by atoms with E-state index in [1.807, 2.05) is 24.3 Å². The van der Waals surface area contributed by atoms with Gasteiger partial charge in [-0.15, -0.1) is 11.3 Å². The van der Waals surface area contributed by atoms with Gasteiger partial charge in [0.1, 0.15) is 24.0 Å². The number of thiophene rings is 1. The minimum Gasteiger partial charge on any atom is -0.490 e. The fraction of sp³-hybridized carbons (Fsp3) is 0.368. The van der Waals surface area contributed by atoms with Crippen molar-refractivity contribution in [1.82, 2.24) is 0 Å². The first kappa shape index (κ1) is 18.9. The maximum Gasteiger partial charge on any atom is 0.341 e. The Morgan fingerprint density at radius 2 is 1.88 bits per heavy atom. The zero-order valence-corrected chi connectivity index (χ0v) is 16.9. The standard InChI is InChI=1S/C19H20BrNO4S/c1-12(22)21-18-17(15-4-2-3-5-16(15)26-18)19(23)25-11-10-24-14-8-6-13(20)7-9-14/h6-9H,2-5,10-11H2,1H3,(H,21,22). The van der Waals surface area contributed by atoms with Gasteiger partial charge in [0.25, 0.3) is 0 Å². The van der Waals surface area contributed by atoms with Gasteiger partial charge in [0.05, 0.1) is 5.56 Å². The van der Waals surface area contributed by atoms with Gasteiger partial charge in [-0.25, -0.2) is 4.79 Å². The van der Waals surface area contributed by atoms with Crippen LogP contribution in [-0.2, 0) is 22.4 Å². The summed E-state index contributed by atoms with van der Waals surface area (Å²) in [5, 5.41) is 3.38. The van der Waals surface area contributed by atoms with Crippen molar-refractivity contribution in [2.45, 2.75) is 32.6 Å². The molecular weight excluding hydrogens is 418 g/mol. The highest BCUT2D eigenvalue weighted by Gasteiger charge is 2.26. The highest BCUT2D eigenvalue weighted by atomic mass is 79.9. The lowest BCUT2D eigenvalue weighted by Crippen LogP contribution is -2.16. The van der Waals surface area contributed by atoms with E-state index in [1.165, 1.54) is 23.1 Å². The molecule has 1 N–H and O–H groups in total. The van der Waals surface area contributed by atoms with Gasteiger partial charge in [-0.2, -0.15) is 0 Å². The Kier molecular flexibility index (Phi) is 6.32. The molecule has 7 heteroatoms. The molecule has 1 aliphatic carbocycles. The van der Waals surface area contributed by atoms with Crippen LogP contribution < -0.4 is 10.1 Å². The number of esters is 1. The topological polar surface area (TPSA) is 64.6 Å². The highest BCUT2D eigenvalue weighted by molar-refractivity contribution is 9.10. The van der Waals surface area contributed by atoms with Crippen molar-refractivity contribution in [2.75, 3.05) is 18.5 Å². The minimum absolute atomic E-state index is 0.152. The number of fused-ring (bicyclic) bond motifs is 1. The largest absolute Gasteiger partial charge is 0.490 e. The molecule has 0 radical (unpaired) electrons. The zero-order valence-electron chi connectivity index (χ0n) is 14.5. The van der Waals surface area contributed by atoms with Crippen LogP contribution in [0.4, 0.5) is 5.00 Å². The second-order valence-corrected chi connectivity index (χ2v) is 8.06. The third-order valence-corrected chi connectivity index (χ3v) is 5.80. The van der Waals surface area contributed by atoms with Crippen LogP contribution >= 0.6 is 27.3 Å². The van der Waals surface area contributed by atoms with E-state index in [2.05, 4.69) is 21.2 Å². The lowest BCUT2D eigenvalue weighted by Gasteiger charge is -2.13. The molecule has 0 fully saturated rings. The van der Waals surface area contributed by atoms with Crippen molar-refractivity contribution in [2.24, 2.45) is 0 Å². The number of hydrogen-bond acceptors (Lipinski definition) is 5. The van der Waals surface area contributed by atoms with Gasteiger partial charge in [-0.05, 0) is 55.5 Å². The second kappa shape index (κ2) is 8.68. The number of anilines is 1. The van der Waals surface area contributed by atoms with Crippen LogP contribution in [0.2, 0.25) is 0 Å². The van der Waals surface area contributed by atoms with Crippen molar-refractivity contribution < 1.29 is 19.1 Å². The number of benzene rings is 1. The molecule has 3 rings (SSSR count). The Balaban J connectivity index is 1.62. The Morgan fingerprint density at radius 1 is 1.15 bits per heavy atom. The molecule has 1 aromatic heterocycles. The summed E-state index contributed by atoms with van der Waals surface area (Å²) in [4.78, 5) is 25.2. The third-order valence-electron chi connectivity index (χ3n) is 4.06. The first-order valence-corrected chi connectivity index (χ1v) is 10.1. The maximum atomic E-state index is 12.6. The number of hydrogen-bond donors (Lipinski definition) is 1. The summed E-state index contributed by atoms with van der Waals surface area (Å²) in [6.45, 7) is 1.87. The summed E-state index contributed by atoms with van der Waals surface area (Å²) in [6.07, 6.45) is 3.97. The van der Waals surface area contributed by atoms with Gasteiger partial charge in [0, 0.05) is 16.3 Å². The van der Waals surface area contributed by atoms with Gasteiger partial charge in [-0.3, -0.25) is 4.79 Å². The Bertz CT molecular complexity index is 801. The van der Waals surface area contributed by atoms with E-state index in [-0.39, 0.29) is 19.1 Å². The molecular formula is C19H20BrNO4S. The van der Waals surface area contributed by atoms with Crippen molar-refractivity contribution in [3.05, 3.63) is 44.7 Å². The normalized spacial score (nSPS) is 13.0. The summed E-state index contributed by atoms with van der Waals surface area (Å²) in [5.74, 6) is 0.139. The van der Waals surface area contributed by atoms with Crippen LogP contribution in [0.1, 0.15) is 40.6 Å². The summed E-state index contributed by atoms with van der Waals surface area (Å²) in [5.41, 5.74) is 1.55. The van der Waals surface area contributed by atoms with Crippen LogP contribution in [0.15, 0.2) is 28.7 Å². The van der Waals surface area contributed by atoms with Crippen molar-refractivity contribution in [3.8, 4) is 5.75 Å². The number of carbonyl (C=O) groups excluding carboxylic acids is 2. The van der Waals surface area contributed by atoms with Gasteiger partial charge >= 0.3 is 5.97 Å². The number of carbonyl (C=O) groups is 2. The second-order valence-electron chi connectivity index (χ2n) is 6.03. The summed E-state index contributed by atoms with van der Waals surface area (Å²) in [6, 6.07) is 7.46. The van der Waals surface area contributed by atoms with E-state index in [0.717, 1.165) is 41.5 Å². The number of ether oxygens (including phenoxy) is 2. The molecule has 0 saturated heterocycles. The fourth-order valence-electron chi connectivity index (χ4n) is 2.93. The average molecular weight is 438 g/mol. The third kappa shape index (κ3) is 4.65. The number of nitrogens with one attached hydrogen (secondary N) is 1. The van der Waals surface area contributed by atoms with Gasteiger partial charge in [0.2, 0.25) is 5.91 Å². The predicted molar refractivity (Wildman–Crippen MR) is 105 cm³/mol. The monoisotopic (exact) mass is 437 g/mol. The van der Waals surface area contributed by atoms with Crippen molar-refractivity contribution >= 4 is 44.1 Å². The molecule has 0 atom stereocenters. The molecule has 0 aliphatic heterocycles. The molecule has 0 bridgehead atoms. The average Bonchev–Trinajstić information content (AvgIpc) is 2.97. The molecule has 1 heterocycles. The molecule has 1 aromatic carbocycles. The number of aryl methyl sites for hydroxylation is 1. The maximum absolute atomic E-state index is 12.6. The molecule has 1 amide bonds. The minimum atomic E-state index is -0.396. The van der Waals surface area contributed by atoms with Crippen molar-refractivity contribution in [3.63, 3.8) is 0 Å². The first-order valence-electron chi connectivity index (χ1n) is 8.52. The zero-order chi connectivity index (χ0) is 18.5. The van der Waals surface area contributed by atoms with E-state index in [0.29, 0.717) is 10.6 Å². The Labute approximate surface area is 164 Å². The summed E-state index contributed by atoms with van der Waals surface area (Å²) in [7, 11) is 0. The van der Waals surface area contributed by atoms with Crippen LogP contribution in [0, 0.1) is 0 Å². The van der Waals surface area contributed by atoms with Crippen molar-refractivity contribution in [1.29, 1.82) is 0 Å². The first-order chi connectivity index (χ1) is 12.5. The number of halogens is 1. The lowest BCUT2D eigenvalue weighted by molar-refractivity contribution is -0.114. The van der Waals surface area contributed by atoms with Crippen LogP contribution in [0.5, 0.6) is 5.75 Å². The van der Waals surface area contributed by atoms with E-state index >= 15 is 0 Å². The van der Waals surface area contributed by atoms with Gasteiger partial charge in [0.15, 0.2) is 0 Å². The van der Waals surface area contributed by atoms with E-state index in [1.54, 1.807) is 0 Å². The SMILES string of the molecule is CC(=O)Nc1sc2c(c1C(=O)OCCOc1ccc(Br)cc1)CCCC2. The summed E-state index contributed by atoms with van der Waals surface area (Å²) < 4.78 is 11.9. The quantitative estimate of drug-likeness (QED) is 0.530. The number of rotatable bonds is 6. The van der Waals surface area contributed by atoms with Gasteiger partial charge in [-0.1, -0.05) is 15.9 Å². The smallest absolute Gasteiger partial charge is 0.341 e. The molecule has 1 aliphatic rings. The highest BCUT2D eigenvalue weighted by Crippen LogP contribution is 2.38. The molecule has 0 unspecified atom stereocenters. The molecule has 0 spiro atoms. The molecule has 0 saturated carbocycles. The van der Waals surface area contributed by atoms with Crippen LogP contribution in [0.3, 0.4) is 0 Å². The molecule has 26 heavy (non-hydrogen) atoms. The van der Waals surface area contributed by atoms with Crippen LogP contribution in [0.25, 0.3) is 0 Å². The van der Waals surface area contributed by atoms with E-state index in [4.69, 9.17) is 9.47 Å². The van der Waals surface area contributed by atoms with Crippen LogP contribution in [-0.4, -0.2) is 25.1 Å². The Hall–Kier alpha value is -1.86. The Morgan fingerprint density at radius 3 is 2.62 bits per heavy atom. The fourth-order valence-corrected chi connectivity index (χ4v) is 4.51. The van der Waals surface area contributed by atoms with E-state index < -0.39 is 5.97 Å². The molecule has 138 valence electrons. The van der Waals surface area contributed by atoms with Gasteiger partial charge < -0.3 is 14.8 Å². The molecule has 2 aromatic rings. The van der Waals surface area contributed by atoms with E-state index in [9.17, 15) is 9.59 Å².